The first-order valence-electron chi connectivity index (χ1n) is 13.3. The standard InChI is InChI=1S/C31H40N2O5/c1-20-27(28(38-32-20)23-17-25(35-5)29(37-7)26(18-23)36-6)30(34)33-16-8-9-22(19-33)11-10-21-12-14-24(15-13-21)31(2,3)4/h12-15,17-18,22H,8-11,16,19H2,1-7H3. The van der Waals surface area contributed by atoms with Crippen LogP contribution in [0.15, 0.2) is 40.9 Å². The minimum Gasteiger partial charge on any atom is -0.493 e. The summed E-state index contributed by atoms with van der Waals surface area (Å²) in [6, 6.07) is 12.5. The molecule has 1 amide bonds. The molecule has 7 nitrogen and oxygen atoms in total. The predicted octanol–water partition coefficient (Wildman–Crippen LogP) is 6.46. The number of methoxy groups -OCH3 is 3. The van der Waals surface area contributed by atoms with Gasteiger partial charge in [0.05, 0.1) is 27.0 Å². The van der Waals surface area contributed by atoms with Crippen LogP contribution in [-0.4, -0.2) is 50.4 Å². The van der Waals surface area contributed by atoms with Gasteiger partial charge in [-0.2, -0.15) is 0 Å². The molecule has 2 heterocycles. The second kappa shape index (κ2) is 11.5. The fraction of sp³-hybridized carbons (Fsp3) is 0.484. The molecular formula is C31H40N2O5. The maximum absolute atomic E-state index is 13.8. The van der Waals surface area contributed by atoms with Gasteiger partial charge in [0, 0.05) is 18.7 Å². The summed E-state index contributed by atoms with van der Waals surface area (Å²) < 4.78 is 22.1. The number of nitrogens with zero attached hydrogens (tertiary/aromatic N) is 2. The third-order valence-electron chi connectivity index (χ3n) is 7.47. The van der Waals surface area contributed by atoms with Crippen LogP contribution in [0.3, 0.4) is 0 Å². The lowest BCUT2D eigenvalue weighted by Crippen LogP contribution is -2.40. The molecule has 1 fully saturated rings. The van der Waals surface area contributed by atoms with Crippen LogP contribution >= 0.6 is 0 Å². The summed E-state index contributed by atoms with van der Waals surface area (Å²) in [4.78, 5) is 15.8. The molecule has 1 unspecified atom stereocenters. The van der Waals surface area contributed by atoms with E-state index in [-0.39, 0.29) is 11.3 Å². The number of carbonyl (C=O) groups is 1. The zero-order chi connectivity index (χ0) is 27.4. The molecule has 1 saturated heterocycles. The van der Waals surface area contributed by atoms with E-state index in [1.54, 1.807) is 40.4 Å². The van der Waals surface area contributed by atoms with E-state index in [0.29, 0.717) is 45.7 Å². The first-order chi connectivity index (χ1) is 18.2. The van der Waals surface area contributed by atoms with Crippen molar-refractivity contribution < 1.29 is 23.5 Å². The van der Waals surface area contributed by atoms with Crippen molar-refractivity contribution in [2.24, 2.45) is 5.92 Å². The van der Waals surface area contributed by atoms with E-state index in [9.17, 15) is 4.79 Å². The Labute approximate surface area is 226 Å². The number of aryl methyl sites for hydroxylation is 2. The van der Waals surface area contributed by atoms with Gasteiger partial charge in [-0.1, -0.05) is 50.2 Å². The maximum Gasteiger partial charge on any atom is 0.259 e. The van der Waals surface area contributed by atoms with Gasteiger partial charge in [-0.3, -0.25) is 4.79 Å². The molecule has 0 spiro atoms. The lowest BCUT2D eigenvalue weighted by Gasteiger charge is -2.33. The van der Waals surface area contributed by atoms with Crippen LogP contribution in [0.1, 0.15) is 67.2 Å². The molecule has 3 aromatic rings. The monoisotopic (exact) mass is 520 g/mol. The van der Waals surface area contributed by atoms with Crippen LogP contribution in [0.2, 0.25) is 0 Å². The summed E-state index contributed by atoms with van der Waals surface area (Å²) >= 11 is 0. The highest BCUT2D eigenvalue weighted by Gasteiger charge is 2.31. The Hall–Kier alpha value is -3.48. The van der Waals surface area contributed by atoms with Crippen LogP contribution < -0.4 is 14.2 Å². The van der Waals surface area contributed by atoms with E-state index >= 15 is 0 Å². The number of amides is 1. The first-order valence-corrected chi connectivity index (χ1v) is 13.3. The summed E-state index contributed by atoms with van der Waals surface area (Å²) in [5.74, 6) is 2.28. The van der Waals surface area contributed by atoms with Gasteiger partial charge < -0.3 is 23.6 Å². The molecule has 1 atom stereocenters. The van der Waals surface area contributed by atoms with Crippen molar-refractivity contribution in [1.82, 2.24) is 10.1 Å². The number of hydrogen-bond acceptors (Lipinski definition) is 6. The molecular weight excluding hydrogens is 480 g/mol. The van der Waals surface area contributed by atoms with Crippen LogP contribution in [0, 0.1) is 12.8 Å². The number of likely N-dealkylation sites (tertiary alicyclic amines) is 1. The molecule has 0 radical (unpaired) electrons. The third-order valence-corrected chi connectivity index (χ3v) is 7.47. The lowest BCUT2D eigenvalue weighted by molar-refractivity contribution is 0.0668. The van der Waals surface area contributed by atoms with Gasteiger partial charge >= 0.3 is 0 Å². The summed E-state index contributed by atoms with van der Waals surface area (Å²) in [7, 11) is 4.68. The molecule has 204 valence electrons. The lowest BCUT2D eigenvalue weighted by atomic mass is 9.86. The second-order valence-corrected chi connectivity index (χ2v) is 11.1. The van der Waals surface area contributed by atoms with E-state index in [1.807, 2.05) is 4.90 Å². The number of aromatic nitrogens is 1. The molecule has 1 aromatic heterocycles. The number of ether oxygens (including phenoxy) is 3. The smallest absolute Gasteiger partial charge is 0.259 e. The van der Waals surface area contributed by atoms with Crippen molar-refractivity contribution in [2.45, 2.75) is 58.8 Å². The van der Waals surface area contributed by atoms with Gasteiger partial charge in [0.25, 0.3) is 5.91 Å². The maximum atomic E-state index is 13.8. The van der Waals surface area contributed by atoms with Crippen molar-refractivity contribution in [1.29, 1.82) is 0 Å². The Morgan fingerprint density at radius 2 is 1.71 bits per heavy atom. The Bertz CT molecular complexity index is 1230. The van der Waals surface area contributed by atoms with Crippen LogP contribution in [0.5, 0.6) is 17.2 Å². The fourth-order valence-corrected chi connectivity index (χ4v) is 5.22. The van der Waals surface area contributed by atoms with Crippen molar-refractivity contribution >= 4 is 5.91 Å². The number of piperidine rings is 1. The normalized spacial score (nSPS) is 15.9. The average molecular weight is 521 g/mol. The highest BCUT2D eigenvalue weighted by atomic mass is 16.5. The highest BCUT2D eigenvalue weighted by molar-refractivity contribution is 6.00. The molecule has 0 N–H and O–H groups in total. The molecule has 2 aromatic carbocycles. The summed E-state index contributed by atoms with van der Waals surface area (Å²) in [6.45, 7) is 9.98. The number of rotatable bonds is 8. The number of benzene rings is 2. The van der Waals surface area contributed by atoms with Gasteiger partial charge in [0.2, 0.25) is 5.75 Å². The van der Waals surface area contributed by atoms with Crippen LogP contribution in [0.4, 0.5) is 0 Å². The van der Waals surface area contributed by atoms with E-state index in [1.165, 1.54) is 11.1 Å². The zero-order valence-corrected chi connectivity index (χ0v) is 23.7. The van der Waals surface area contributed by atoms with E-state index in [2.05, 4.69) is 50.2 Å². The predicted molar refractivity (Wildman–Crippen MR) is 148 cm³/mol. The minimum absolute atomic E-state index is 0.0493. The van der Waals surface area contributed by atoms with Crippen LogP contribution in [0.25, 0.3) is 11.3 Å². The van der Waals surface area contributed by atoms with E-state index < -0.39 is 0 Å². The SMILES string of the molecule is COc1cc(-c2onc(C)c2C(=O)N2CCCC(CCc3ccc(C(C)(C)C)cc3)C2)cc(OC)c1OC. The quantitative estimate of drug-likeness (QED) is 0.339. The van der Waals surface area contributed by atoms with Crippen molar-refractivity contribution in [3.63, 3.8) is 0 Å². The molecule has 0 aliphatic carbocycles. The average Bonchev–Trinajstić information content (AvgIpc) is 3.31. The first kappa shape index (κ1) is 27.6. The molecule has 7 heteroatoms. The van der Waals surface area contributed by atoms with E-state index in [4.69, 9.17) is 18.7 Å². The highest BCUT2D eigenvalue weighted by Crippen LogP contribution is 2.42. The molecule has 1 aliphatic heterocycles. The Kier molecular flexibility index (Phi) is 8.34. The molecule has 0 saturated carbocycles. The summed E-state index contributed by atoms with van der Waals surface area (Å²) in [5.41, 5.74) is 4.56. The van der Waals surface area contributed by atoms with Gasteiger partial charge in [-0.05, 0) is 67.2 Å². The largest absolute Gasteiger partial charge is 0.493 e. The topological polar surface area (TPSA) is 74.0 Å². The molecule has 1 aliphatic rings. The number of hydrogen-bond donors (Lipinski definition) is 0. The zero-order valence-electron chi connectivity index (χ0n) is 23.7. The fourth-order valence-electron chi connectivity index (χ4n) is 5.22. The Morgan fingerprint density at radius 1 is 1.05 bits per heavy atom. The number of carbonyl (C=O) groups excluding carboxylic acids is 1. The Morgan fingerprint density at radius 3 is 2.29 bits per heavy atom. The summed E-state index contributed by atoms with van der Waals surface area (Å²) in [6.07, 6.45) is 4.19. The molecule has 38 heavy (non-hydrogen) atoms. The van der Waals surface area contributed by atoms with Crippen molar-refractivity contribution in [3.05, 3.63) is 58.8 Å². The van der Waals surface area contributed by atoms with Gasteiger partial charge in [-0.15, -0.1) is 0 Å². The minimum atomic E-state index is -0.0493. The van der Waals surface area contributed by atoms with Crippen molar-refractivity contribution in [2.75, 3.05) is 34.4 Å². The second-order valence-electron chi connectivity index (χ2n) is 11.1. The van der Waals surface area contributed by atoms with Crippen molar-refractivity contribution in [3.8, 4) is 28.6 Å². The molecule has 0 bridgehead atoms. The summed E-state index contributed by atoms with van der Waals surface area (Å²) in [5, 5.41) is 4.15. The Balaban J connectivity index is 1.50. The van der Waals surface area contributed by atoms with Crippen LogP contribution in [-0.2, 0) is 11.8 Å². The third kappa shape index (κ3) is 5.82. The van der Waals surface area contributed by atoms with E-state index in [0.717, 1.165) is 38.8 Å². The molecule has 4 rings (SSSR count). The van der Waals surface area contributed by atoms with Gasteiger partial charge in [-0.25, -0.2) is 0 Å². The van der Waals surface area contributed by atoms with Gasteiger partial charge in [0.1, 0.15) is 5.56 Å². The van der Waals surface area contributed by atoms with Gasteiger partial charge in [0.15, 0.2) is 17.3 Å².